The van der Waals surface area contributed by atoms with Crippen LogP contribution in [0.25, 0.3) is 43.9 Å². The minimum absolute atomic E-state index is 0.542. The van der Waals surface area contributed by atoms with E-state index >= 15 is 0 Å². The molecular formula is C29H35N2O+. The van der Waals surface area contributed by atoms with Crippen molar-refractivity contribution in [2.45, 2.75) is 54.4 Å². The van der Waals surface area contributed by atoms with Crippen LogP contribution in [-0.4, -0.2) is 4.57 Å². The molecule has 0 spiro atoms. The number of benzene rings is 2. The number of hydrogen-bond acceptors (Lipinski definition) is 1. The van der Waals surface area contributed by atoms with E-state index in [1.54, 1.807) is 0 Å². The summed E-state index contributed by atoms with van der Waals surface area (Å²) in [7, 11) is 4.33. The molecule has 0 amide bonds. The average molecular weight is 428 g/mol. The Bertz CT molecular complexity index is 1510. The smallest absolute Gasteiger partial charge is 0.236 e. The predicted molar refractivity (Wildman–Crippen MR) is 135 cm³/mol. The van der Waals surface area contributed by atoms with E-state index in [0.29, 0.717) is 11.8 Å². The van der Waals surface area contributed by atoms with Gasteiger partial charge in [-0.2, -0.15) is 4.57 Å². The van der Waals surface area contributed by atoms with Crippen LogP contribution in [0.15, 0.2) is 34.9 Å². The number of rotatable bonds is 4. The summed E-state index contributed by atoms with van der Waals surface area (Å²) in [5.41, 5.74) is 11.2. The molecule has 0 aliphatic carbocycles. The van der Waals surface area contributed by atoms with Gasteiger partial charge in [0, 0.05) is 23.9 Å². The molecule has 32 heavy (non-hydrogen) atoms. The summed E-state index contributed by atoms with van der Waals surface area (Å²) in [6.45, 7) is 13.7. The summed E-state index contributed by atoms with van der Waals surface area (Å²) in [6.07, 6.45) is 4.23. The fraction of sp³-hybridized carbons (Fsp3) is 0.414. The minimum atomic E-state index is 0.542. The first kappa shape index (κ1) is 21.1. The van der Waals surface area contributed by atoms with E-state index in [2.05, 4.69) is 95.2 Å². The van der Waals surface area contributed by atoms with Crippen molar-refractivity contribution < 1.29 is 8.98 Å². The van der Waals surface area contributed by atoms with E-state index in [1.165, 1.54) is 55.0 Å². The lowest BCUT2D eigenvalue weighted by molar-refractivity contribution is -0.642. The lowest BCUT2D eigenvalue weighted by Crippen LogP contribution is -2.27. The van der Waals surface area contributed by atoms with Crippen LogP contribution < -0.4 is 4.57 Å². The van der Waals surface area contributed by atoms with Crippen molar-refractivity contribution in [2.75, 3.05) is 0 Å². The Hall–Kier alpha value is -2.81. The molecule has 0 aliphatic rings. The molecule has 0 saturated carbocycles. The van der Waals surface area contributed by atoms with Crippen LogP contribution in [-0.2, 0) is 26.9 Å². The molecule has 0 fully saturated rings. The Morgan fingerprint density at radius 2 is 1.69 bits per heavy atom. The van der Waals surface area contributed by atoms with Crippen molar-refractivity contribution in [3.05, 3.63) is 52.7 Å². The summed E-state index contributed by atoms with van der Waals surface area (Å²) in [5, 5.41) is 3.89. The Kier molecular flexibility index (Phi) is 4.85. The number of fused-ring (bicyclic) bond motifs is 3. The third kappa shape index (κ3) is 3.05. The Balaban J connectivity index is 2.07. The van der Waals surface area contributed by atoms with Gasteiger partial charge in [0.2, 0.25) is 5.52 Å². The van der Waals surface area contributed by atoms with Gasteiger partial charge < -0.3 is 8.98 Å². The van der Waals surface area contributed by atoms with Crippen molar-refractivity contribution in [2.24, 2.45) is 25.9 Å². The van der Waals surface area contributed by atoms with Gasteiger partial charge in [-0.05, 0) is 66.7 Å². The zero-order valence-electron chi connectivity index (χ0n) is 20.8. The molecule has 0 bridgehead atoms. The third-order valence-electron chi connectivity index (χ3n) is 7.01. The first-order chi connectivity index (χ1) is 15.2. The van der Waals surface area contributed by atoms with Gasteiger partial charge in [0.1, 0.15) is 18.1 Å². The van der Waals surface area contributed by atoms with Gasteiger partial charge in [0.25, 0.3) is 0 Å². The highest BCUT2D eigenvalue weighted by Gasteiger charge is 2.25. The Labute approximate surface area is 190 Å². The number of nitrogens with zero attached hydrogens (tertiary/aromatic N) is 2. The number of aryl methyl sites for hydroxylation is 4. The molecule has 2 aromatic carbocycles. The highest BCUT2D eigenvalue weighted by molar-refractivity contribution is 6.20. The quantitative estimate of drug-likeness (QED) is 0.171. The molecule has 166 valence electrons. The molecule has 0 aliphatic heterocycles. The fourth-order valence-electron chi connectivity index (χ4n) is 5.55. The molecule has 0 N–H and O–H groups in total. The van der Waals surface area contributed by atoms with Crippen molar-refractivity contribution >= 4 is 43.9 Å². The Morgan fingerprint density at radius 1 is 0.969 bits per heavy atom. The lowest BCUT2D eigenvalue weighted by Gasteiger charge is -2.19. The van der Waals surface area contributed by atoms with E-state index < -0.39 is 0 Å². The average Bonchev–Trinajstić information content (AvgIpc) is 3.09. The SMILES string of the molecule is Cc1cc2cc(CC(C)C)cc3oc4c(CC(C)C)c5c(cc[n+]5C)n(C)c4c(c1C)c23. The summed E-state index contributed by atoms with van der Waals surface area (Å²) in [6, 6.07) is 9.24. The number of hydrogen-bond donors (Lipinski definition) is 0. The van der Waals surface area contributed by atoms with Gasteiger partial charge in [-0.25, -0.2) is 0 Å². The normalized spacial score (nSPS) is 12.6. The van der Waals surface area contributed by atoms with Gasteiger partial charge in [-0.3, -0.25) is 0 Å². The standard InChI is InChI=1S/C29H35N2O/c1-16(2)11-20-14-21-13-18(5)19(6)25-26(21)24(15-20)32-29-22(12-17(3)4)27-23(9-10-30(27)7)31(8)28(25)29/h9-10,13-17H,11-12H2,1-8H3/q+1. The minimum Gasteiger partial charge on any atom is -0.454 e. The van der Waals surface area contributed by atoms with Crippen LogP contribution in [0.4, 0.5) is 0 Å². The van der Waals surface area contributed by atoms with Gasteiger partial charge >= 0.3 is 0 Å². The van der Waals surface area contributed by atoms with E-state index in [4.69, 9.17) is 4.42 Å². The van der Waals surface area contributed by atoms with Crippen molar-refractivity contribution in [3.63, 3.8) is 0 Å². The zero-order valence-corrected chi connectivity index (χ0v) is 20.8. The van der Waals surface area contributed by atoms with Gasteiger partial charge in [-0.15, -0.1) is 0 Å². The topological polar surface area (TPSA) is 21.9 Å². The van der Waals surface area contributed by atoms with E-state index in [1.807, 2.05) is 0 Å². The van der Waals surface area contributed by atoms with Crippen LogP contribution in [0.5, 0.6) is 0 Å². The van der Waals surface area contributed by atoms with Crippen LogP contribution in [0.1, 0.15) is 49.9 Å². The first-order valence-electron chi connectivity index (χ1n) is 11.9. The predicted octanol–water partition coefficient (Wildman–Crippen LogP) is 7.07. The Morgan fingerprint density at radius 3 is 2.38 bits per heavy atom. The summed E-state index contributed by atoms with van der Waals surface area (Å²) < 4.78 is 11.5. The maximum absolute atomic E-state index is 6.88. The molecule has 0 unspecified atom stereocenters. The molecule has 3 nitrogen and oxygen atoms in total. The van der Waals surface area contributed by atoms with Gasteiger partial charge in [0.15, 0.2) is 11.8 Å². The highest BCUT2D eigenvalue weighted by Crippen LogP contribution is 2.41. The van der Waals surface area contributed by atoms with Crippen molar-refractivity contribution in [1.29, 1.82) is 0 Å². The van der Waals surface area contributed by atoms with Crippen LogP contribution in [0.2, 0.25) is 0 Å². The molecule has 5 rings (SSSR count). The second-order valence-corrected chi connectivity index (χ2v) is 10.6. The van der Waals surface area contributed by atoms with Crippen LogP contribution >= 0.6 is 0 Å². The molecule has 3 heterocycles. The number of pyridine rings is 1. The van der Waals surface area contributed by atoms with E-state index in [9.17, 15) is 0 Å². The third-order valence-corrected chi connectivity index (χ3v) is 7.01. The van der Waals surface area contributed by atoms with Crippen LogP contribution in [0.3, 0.4) is 0 Å². The molecule has 5 aromatic rings. The second-order valence-electron chi connectivity index (χ2n) is 10.6. The monoisotopic (exact) mass is 427 g/mol. The maximum Gasteiger partial charge on any atom is 0.236 e. The second kappa shape index (κ2) is 7.37. The zero-order chi connectivity index (χ0) is 22.9. The van der Waals surface area contributed by atoms with E-state index in [0.717, 1.165) is 24.0 Å². The molecule has 3 aromatic heterocycles. The van der Waals surface area contributed by atoms with Crippen molar-refractivity contribution in [1.82, 2.24) is 4.57 Å². The maximum atomic E-state index is 6.88. The summed E-state index contributed by atoms with van der Waals surface area (Å²) >= 11 is 0. The van der Waals surface area contributed by atoms with E-state index in [-0.39, 0.29) is 0 Å². The van der Waals surface area contributed by atoms with Gasteiger partial charge in [0.05, 0.1) is 11.1 Å². The summed E-state index contributed by atoms with van der Waals surface area (Å²) in [4.78, 5) is 0. The summed E-state index contributed by atoms with van der Waals surface area (Å²) in [5.74, 6) is 1.15. The molecule has 0 saturated heterocycles. The first-order valence-corrected chi connectivity index (χ1v) is 11.9. The van der Waals surface area contributed by atoms with Gasteiger partial charge in [-0.1, -0.05) is 39.8 Å². The van der Waals surface area contributed by atoms with Crippen LogP contribution in [0, 0.1) is 25.7 Å². The molecule has 0 atom stereocenters. The molecule has 3 heteroatoms. The lowest BCUT2D eigenvalue weighted by atomic mass is 9.91. The number of aromatic nitrogens is 2. The highest BCUT2D eigenvalue weighted by atomic mass is 16.3. The van der Waals surface area contributed by atoms with Crippen molar-refractivity contribution in [3.8, 4) is 0 Å². The fourth-order valence-corrected chi connectivity index (χ4v) is 5.55. The largest absolute Gasteiger partial charge is 0.454 e. The molecule has 0 radical (unpaired) electrons. The molecular weight excluding hydrogens is 392 g/mol.